The molecule has 178 valence electrons. The minimum absolute atomic E-state index is 0.165. The van der Waals surface area contributed by atoms with E-state index in [2.05, 4.69) is 41.8 Å². The standard InChI is InChI=1S/C24H20BrN5O5/c1-34-17-7-3-15(4-8-17)26-24(33)27-16-5-9-18(10-6-16)35-13-21(31)29-30-22-19-12-14(25)2-11-20(19)28-23(22)32/h2-12,28,32H,13H2,1H3,(H2,26,27,33). The Morgan fingerprint density at radius 3 is 2.23 bits per heavy atom. The smallest absolute Gasteiger partial charge is 0.323 e. The molecule has 11 heteroatoms. The molecule has 0 aliphatic rings. The molecule has 3 amide bonds. The lowest BCUT2D eigenvalue weighted by Gasteiger charge is -2.09. The van der Waals surface area contributed by atoms with E-state index in [1.54, 1.807) is 67.8 Å². The van der Waals surface area contributed by atoms with Crippen LogP contribution in [0.15, 0.2) is 81.4 Å². The van der Waals surface area contributed by atoms with Crippen LogP contribution in [0.4, 0.5) is 21.9 Å². The number of benzene rings is 3. The van der Waals surface area contributed by atoms with Crippen molar-refractivity contribution in [1.82, 2.24) is 4.98 Å². The number of carbonyl (C=O) groups is 2. The molecule has 4 N–H and O–H groups in total. The van der Waals surface area contributed by atoms with E-state index in [9.17, 15) is 14.7 Å². The molecule has 0 atom stereocenters. The number of aromatic nitrogens is 1. The Morgan fingerprint density at radius 2 is 1.60 bits per heavy atom. The third-order valence-electron chi connectivity index (χ3n) is 4.80. The second-order valence-electron chi connectivity index (χ2n) is 7.23. The molecule has 0 spiro atoms. The second-order valence-corrected chi connectivity index (χ2v) is 8.14. The van der Waals surface area contributed by atoms with Gasteiger partial charge in [-0.15, -0.1) is 10.2 Å². The fourth-order valence-electron chi connectivity index (χ4n) is 3.12. The van der Waals surface area contributed by atoms with Gasteiger partial charge in [-0.2, -0.15) is 0 Å². The van der Waals surface area contributed by atoms with E-state index in [1.165, 1.54) is 0 Å². The monoisotopic (exact) mass is 537 g/mol. The van der Waals surface area contributed by atoms with Gasteiger partial charge in [0, 0.05) is 21.2 Å². The number of azo groups is 1. The number of amides is 3. The first-order valence-electron chi connectivity index (χ1n) is 10.3. The lowest BCUT2D eigenvalue weighted by atomic mass is 10.2. The Labute approximate surface area is 208 Å². The van der Waals surface area contributed by atoms with Gasteiger partial charge >= 0.3 is 11.9 Å². The minimum atomic E-state index is -0.630. The van der Waals surface area contributed by atoms with Crippen molar-refractivity contribution in [3.05, 3.63) is 71.2 Å². The zero-order valence-electron chi connectivity index (χ0n) is 18.4. The highest BCUT2D eigenvalue weighted by molar-refractivity contribution is 9.10. The lowest BCUT2D eigenvalue weighted by molar-refractivity contribution is -0.120. The summed E-state index contributed by atoms with van der Waals surface area (Å²) in [6, 6.07) is 18.3. The summed E-state index contributed by atoms with van der Waals surface area (Å²) < 4.78 is 11.3. The minimum Gasteiger partial charge on any atom is -0.497 e. The second kappa shape index (κ2) is 10.7. The number of hydrogen-bond acceptors (Lipinski definition) is 6. The molecule has 0 fully saturated rings. The number of methoxy groups -OCH3 is 1. The highest BCUT2D eigenvalue weighted by Crippen LogP contribution is 2.36. The zero-order valence-corrected chi connectivity index (χ0v) is 20.0. The van der Waals surface area contributed by atoms with Crippen LogP contribution in [-0.4, -0.2) is 35.7 Å². The number of nitrogens with one attached hydrogen (secondary N) is 3. The van der Waals surface area contributed by atoms with Crippen molar-refractivity contribution in [2.45, 2.75) is 0 Å². The Hall–Kier alpha value is -4.38. The van der Waals surface area contributed by atoms with E-state index in [0.717, 1.165) is 4.47 Å². The summed E-state index contributed by atoms with van der Waals surface area (Å²) in [4.78, 5) is 27.0. The van der Waals surface area contributed by atoms with E-state index in [1.807, 2.05) is 6.07 Å². The summed E-state index contributed by atoms with van der Waals surface area (Å²) in [5.41, 5.74) is 1.98. The number of H-pyrrole nitrogens is 1. The van der Waals surface area contributed by atoms with Gasteiger partial charge in [0.1, 0.15) is 11.5 Å². The fourth-order valence-corrected chi connectivity index (χ4v) is 3.48. The number of aromatic hydroxyl groups is 1. The van der Waals surface area contributed by atoms with Crippen LogP contribution in [0.2, 0.25) is 0 Å². The molecule has 1 heterocycles. The average molecular weight is 538 g/mol. The number of carbonyl (C=O) groups excluding carboxylic acids is 2. The van der Waals surface area contributed by atoms with Crippen molar-refractivity contribution >= 4 is 55.8 Å². The summed E-state index contributed by atoms with van der Waals surface area (Å²) in [5.74, 6) is 0.286. The summed E-state index contributed by atoms with van der Waals surface area (Å²) in [5, 5.41) is 23.6. The normalized spacial score (nSPS) is 10.9. The van der Waals surface area contributed by atoms with Crippen LogP contribution in [-0.2, 0) is 4.79 Å². The summed E-state index contributed by atoms with van der Waals surface area (Å²) >= 11 is 3.36. The quantitative estimate of drug-likeness (QED) is 0.215. The van der Waals surface area contributed by atoms with Gasteiger partial charge in [-0.1, -0.05) is 15.9 Å². The predicted octanol–water partition coefficient (Wildman–Crippen LogP) is 5.98. The maximum atomic E-state index is 12.2. The van der Waals surface area contributed by atoms with Gasteiger partial charge in [-0.3, -0.25) is 4.79 Å². The number of rotatable bonds is 7. The highest BCUT2D eigenvalue weighted by atomic mass is 79.9. The number of fused-ring (bicyclic) bond motifs is 1. The number of hydrogen-bond donors (Lipinski definition) is 4. The topological polar surface area (TPSA) is 137 Å². The SMILES string of the molecule is COc1ccc(NC(=O)Nc2ccc(OCC(=O)N=Nc3c(O)[nH]c4ccc(Br)cc34)cc2)cc1. The van der Waals surface area contributed by atoms with Crippen LogP contribution in [0, 0.1) is 0 Å². The van der Waals surface area contributed by atoms with Crippen molar-refractivity contribution in [3.8, 4) is 17.4 Å². The number of nitrogens with zero attached hydrogens (tertiary/aromatic N) is 2. The summed E-state index contributed by atoms with van der Waals surface area (Å²) in [7, 11) is 1.57. The van der Waals surface area contributed by atoms with Crippen molar-refractivity contribution in [1.29, 1.82) is 0 Å². The third kappa shape index (κ3) is 6.15. The van der Waals surface area contributed by atoms with Gasteiger partial charge in [0.2, 0.25) is 5.88 Å². The molecule has 0 aliphatic carbocycles. The zero-order chi connectivity index (χ0) is 24.8. The molecule has 0 bridgehead atoms. The van der Waals surface area contributed by atoms with E-state index in [-0.39, 0.29) is 18.2 Å². The fraction of sp³-hybridized carbons (Fsp3) is 0.0833. The van der Waals surface area contributed by atoms with E-state index in [0.29, 0.717) is 33.8 Å². The van der Waals surface area contributed by atoms with Gasteiger partial charge in [0.05, 0.1) is 12.6 Å². The summed E-state index contributed by atoms with van der Waals surface area (Å²) in [6.45, 7) is -0.346. The molecule has 0 saturated carbocycles. The van der Waals surface area contributed by atoms with E-state index >= 15 is 0 Å². The molecular formula is C24H20BrN5O5. The first kappa shape index (κ1) is 23.8. The van der Waals surface area contributed by atoms with Gasteiger partial charge in [-0.05, 0) is 66.7 Å². The van der Waals surface area contributed by atoms with Crippen LogP contribution in [0.3, 0.4) is 0 Å². The van der Waals surface area contributed by atoms with Crippen LogP contribution < -0.4 is 20.1 Å². The molecule has 0 unspecified atom stereocenters. The largest absolute Gasteiger partial charge is 0.497 e. The number of aromatic amines is 1. The molecule has 10 nitrogen and oxygen atoms in total. The molecule has 35 heavy (non-hydrogen) atoms. The van der Waals surface area contributed by atoms with Crippen LogP contribution in [0.1, 0.15) is 0 Å². The van der Waals surface area contributed by atoms with Crippen molar-refractivity contribution < 1.29 is 24.2 Å². The van der Waals surface area contributed by atoms with Gasteiger partial charge in [0.25, 0.3) is 0 Å². The Bertz CT molecular complexity index is 1380. The molecule has 4 rings (SSSR count). The molecule has 1 aromatic heterocycles. The molecule has 4 aromatic rings. The molecule has 0 saturated heterocycles. The van der Waals surface area contributed by atoms with Gasteiger partial charge in [-0.25, -0.2) is 4.79 Å². The van der Waals surface area contributed by atoms with E-state index < -0.39 is 11.9 Å². The maximum Gasteiger partial charge on any atom is 0.323 e. The van der Waals surface area contributed by atoms with Crippen molar-refractivity contribution in [2.75, 3.05) is 24.4 Å². The maximum absolute atomic E-state index is 12.2. The number of anilines is 2. The number of urea groups is 1. The van der Waals surface area contributed by atoms with Crippen LogP contribution >= 0.6 is 15.9 Å². The van der Waals surface area contributed by atoms with Crippen molar-refractivity contribution in [2.24, 2.45) is 10.2 Å². The molecular weight excluding hydrogens is 518 g/mol. The Kier molecular flexibility index (Phi) is 7.27. The lowest BCUT2D eigenvalue weighted by Crippen LogP contribution is -2.19. The number of halogens is 1. The third-order valence-corrected chi connectivity index (χ3v) is 5.29. The van der Waals surface area contributed by atoms with E-state index in [4.69, 9.17) is 9.47 Å². The first-order chi connectivity index (χ1) is 16.9. The Morgan fingerprint density at radius 1 is 0.971 bits per heavy atom. The van der Waals surface area contributed by atoms with Crippen LogP contribution in [0.5, 0.6) is 17.4 Å². The van der Waals surface area contributed by atoms with Crippen molar-refractivity contribution in [3.63, 3.8) is 0 Å². The van der Waals surface area contributed by atoms with Crippen LogP contribution in [0.25, 0.3) is 10.9 Å². The predicted molar refractivity (Wildman–Crippen MR) is 135 cm³/mol. The Balaban J connectivity index is 1.28. The summed E-state index contributed by atoms with van der Waals surface area (Å²) in [6.07, 6.45) is 0. The number of ether oxygens (including phenoxy) is 2. The molecule has 0 radical (unpaired) electrons. The van der Waals surface area contributed by atoms with Gasteiger partial charge in [0.15, 0.2) is 12.3 Å². The first-order valence-corrected chi connectivity index (χ1v) is 11.1. The molecule has 3 aromatic carbocycles. The highest BCUT2D eigenvalue weighted by Gasteiger charge is 2.12. The van der Waals surface area contributed by atoms with Gasteiger partial charge < -0.3 is 30.2 Å². The average Bonchev–Trinajstić information content (AvgIpc) is 3.16. The molecule has 0 aliphatic heterocycles.